The number of carboxylic acids is 1. The van der Waals surface area contributed by atoms with Gasteiger partial charge < -0.3 is 26.0 Å². The number of ether oxygens (including phenoxy) is 1. The quantitative estimate of drug-likeness (QED) is 0.0115. The predicted octanol–water partition coefficient (Wildman–Crippen LogP) is 7.28. The van der Waals surface area contributed by atoms with Crippen LogP contribution in [0.1, 0.15) is 22.3 Å². The van der Waals surface area contributed by atoms with E-state index in [1.165, 1.54) is 36.4 Å². The van der Waals surface area contributed by atoms with Crippen LogP contribution in [0.4, 0.5) is 51.2 Å². The zero-order valence-electron chi connectivity index (χ0n) is 29.8. The van der Waals surface area contributed by atoms with Gasteiger partial charge in [0.05, 0.1) is 51.7 Å². The number of fused-ring (bicyclic) bond motifs is 1. The number of aryl methyl sites for hydroxylation is 1. The highest BCUT2D eigenvalue weighted by Gasteiger charge is 2.29. The number of carbonyl (C=O) groups is 3. The normalized spacial score (nSPS) is 12.1. The van der Waals surface area contributed by atoms with E-state index in [4.69, 9.17) is 5.73 Å². The molecule has 0 saturated carbocycles. The lowest BCUT2D eigenvalue weighted by atomic mass is 10.0. The van der Waals surface area contributed by atoms with Crippen LogP contribution in [0, 0.1) is 17.0 Å². The van der Waals surface area contributed by atoms with Crippen molar-refractivity contribution in [2.45, 2.75) is 23.1 Å². The number of nitro groups is 1. The molecule has 0 heterocycles. The first kappa shape index (κ1) is 42.5. The number of nitro benzene ring substituents is 1. The third kappa shape index (κ3) is 10.0. The Hall–Kier alpha value is -7.61. The fourth-order valence-corrected chi connectivity index (χ4v) is 6.54. The Kier molecular flexibility index (Phi) is 12.4. The van der Waals surface area contributed by atoms with E-state index in [1.54, 1.807) is 13.0 Å². The molecule has 5 aromatic rings. The highest BCUT2D eigenvalue weighted by atomic mass is 32.2. The number of nitrogen functional groups attached to an aromatic ring is 1. The van der Waals surface area contributed by atoms with Crippen LogP contribution in [0.5, 0.6) is 5.75 Å². The van der Waals surface area contributed by atoms with E-state index in [0.717, 1.165) is 18.2 Å². The van der Waals surface area contributed by atoms with Crippen LogP contribution in [-0.4, -0.2) is 66.0 Å². The number of benzene rings is 5. The number of nitrogens with two attached hydrogens (primary N) is 1. The number of hydrogen-bond donors (Lipinski definition) is 6. The predicted molar refractivity (Wildman–Crippen MR) is 205 cm³/mol. The molecule has 0 aliphatic heterocycles. The maximum Gasteiger partial charge on any atom is 0.335 e. The summed E-state index contributed by atoms with van der Waals surface area (Å²) < 4.78 is 74.7. The molecule has 0 aromatic heterocycles. The van der Waals surface area contributed by atoms with Gasteiger partial charge in [0.15, 0.2) is 11.4 Å². The minimum Gasteiger partial charge on any atom is -0.505 e. The van der Waals surface area contributed by atoms with E-state index in [1.807, 2.05) is 0 Å². The summed E-state index contributed by atoms with van der Waals surface area (Å²) in [5, 5.41) is 56.9. The van der Waals surface area contributed by atoms with E-state index >= 15 is 0 Å². The molecular weight excluding hydrogens is 823 g/mol. The average molecular weight is 850 g/mol. The molecule has 59 heavy (non-hydrogen) atoms. The van der Waals surface area contributed by atoms with Gasteiger partial charge in [-0.15, -0.1) is 15.3 Å². The van der Waals surface area contributed by atoms with Crippen LogP contribution >= 0.6 is 0 Å². The van der Waals surface area contributed by atoms with Crippen molar-refractivity contribution in [2.75, 3.05) is 17.7 Å². The van der Waals surface area contributed by atoms with Crippen molar-refractivity contribution in [1.82, 2.24) is 0 Å². The smallest absolute Gasteiger partial charge is 0.335 e. The number of nitrogens with zero attached hydrogens (tertiary/aromatic N) is 7. The largest absolute Gasteiger partial charge is 0.505 e. The van der Waals surface area contributed by atoms with Crippen molar-refractivity contribution in [1.29, 1.82) is 0 Å². The Bertz CT molecular complexity index is 2880. The number of carbonyl (C=O) groups excluding carboxylic acids is 2. The molecule has 0 unspecified atom stereocenters. The number of phenolic OH excluding ortho intramolecular Hbond substituents is 1. The van der Waals surface area contributed by atoms with Gasteiger partial charge in [-0.3, -0.25) is 28.8 Å². The van der Waals surface area contributed by atoms with Crippen molar-refractivity contribution in [3.8, 4) is 5.75 Å². The lowest BCUT2D eigenvalue weighted by Crippen LogP contribution is -2.14. The number of carboxylic acid groups (broad SMARTS) is 1. The van der Waals surface area contributed by atoms with Crippen molar-refractivity contribution in [3.63, 3.8) is 0 Å². The van der Waals surface area contributed by atoms with Crippen LogP contribution in [0.15, 0.2) is 113 Å². The van der Waals surface area contributed by atoms with E-state index < -0.39 is 91.8 Å². The summed E-state index contributed by atoms with van der Waals surface area (Å²) >= 11 is 0. The molecule has 7 N–H and O–H groups in total. The molecule has 1 amide bonds. The number of rotatable bonds is 15. The number of azo groups is 3. The Morgan fingerprint density at radius 3 is 2.12 bits per heavy atom. The summed E-state index contributed by atoms with van der Waals surface area (Å²) in [4.78, 5) is 42.3. The van der Waals surface area contributed by atoms with Crippen LogP contribution in [0.3, 0.4) is 0 Å². The Labute approximate surface area is 331 Å². The second kappa shape index (κ2) is 17.3. The number of anilines is 2. The van der Waals surface area contributed by atoms with Gasteiger partial charge in [-0.05, 0) is 73.2 Å². The van der Waals surface area contributed by atoms with Gasteiger partial charge in [0, 0.05) is 17.1 Å². The topological polar surface area (TPSA) is 365 Å². The molecule has 5 aromatic carbocycles. The highest BCUT2D eigenvalue weighted by Crippen LogP contribution is 2.48. The van der Waals surface area contributed by atoms with E-state index in [0.29, 0.717) is 23.4 Å². The van der Waals surface area contributed by atoms with Crippen molar-refractivity contribution < 1.29 is 60.2 Å². The number of hydrogen-bond acceptors (Lipinski definition) is 18. The first-order chi connectivity index (χ1) is 27.8. The molecule has 0 bridgehead atoms. The number of nitrogens with one attached hydrogen (secondary N) is 1. The molecule has 0 saturated heterocycles. The molecule has 25 heteroatoms. The second-order valence-corrected chi connectivity index (χ2v) is 14.7. The molecular formula is C34H27N9O14S2. The van der Waals surface area contributed by atoms with Crippen LogP contribution in [-0.2, 0) is 34.6 Å². The van der Waals surface area contributed by atoms with Gasteiger partial charge in [-0.25, -0.2) is 4.79 Å². The van der Waals surface area contributed by atoms with Crippen LogP contribution in [0.25, 0.3) is 10.8 Å². The molecule has 0 aliphatic rings. The zero-order valence-corrected chi connectivity index (χ0v) is 31.4. The first-order valence-corrected chi connectivity index (χ1v) is 19.1. The second-order valence-electron chi connectivity index (χ2n) is 11.9. The SMILES string of the molecule is Cc1cc(N=Nc2cc(S(=O)(=O)O)c3cc(S(=O)(=O)O)c(N=Nc4ccc(NC(=O)CCOC=O)cc4[N+](=O)[O-])c(O)c3c2N)ccc1N=Nc1cccc(C(=O)O)c1. The maximum atomic E-state index is 12.6. The zero-order chi connectivity index (χ0) is 43.2. The number of phenols is 1. The minimum absolute atomic E-state index is 0.00526. The summed E-state index contributed by atoms with van der Waals surface area (Å²) in [6.07, 6.45) is -0.282. The molecule has 23 nitrogen and oxygen atoms in total. The first-order valence-electron chi connectivity index (χ1n) is 16.2. The van der Waals surface area contributed by atoms with Gasteiger partial charge in [0.2, 0.25) is 5.91 Å². The lowest BCUT2D eigenvalue weighted by molar-refractivity contribution is -0.384. The van der Waals surface area contributed by atoms with Crippen molar-refractivity contribution in [3.05, 3.63) is 94.0 Å². The minimum atomic E-state index is -5.40. The molecule has 304 valence electrons. The highest BCUT2D eigenvalue weighted by molar-refractivity contribution is 7.86. The lowest BCUT2D eigenvalue weighted by Gasteiger charge is -2.14. The molecule has 0 fully saturated rings. The fraction of sp³-hybridized carbons (Fsp3) is 0.0882. The standard InChI is InChI=1S/C34H27N9O14S2/c1-17-11-21(6-7-23(17)39-37-20-4-2-3-18(12-20)34(47)48)38-41-25-15-27(58(51,52)53)22-14-28(59(54,55)56)32(33(46)30(22)31(25)35)42-40-24-8-5-19(13-26(24)43(49)50)36-29(45)9-10-57-16-44/h2-8,11-16,46H,9-10,35H2,1H3,(H,36,45)(H,47,48)(H,51,52,53)(H,54,55,56). The third-order valence-electron chi connectivity index (χ3n) is 7.92. The molecule has 0 radical (unpaired) electrons. The monoisotopic (exact) mass is 849 g/mol. The molecule has 0 spiro atoms. The number of amides is 1. The van der Waals surface area contributed by atoms with Gasteiger partial charge in [-0.2, -0.15) is 32.2 Å². The van der Waals surface area contributed by atoms with Gasteiger partial charge in [0.1, 0.15) is 21.2 Å². The summed E-state index contributed by atoms with van der Waals surface area (Å²) in [7, 11) is -10.7. The number of aromatic carboxylic acids is 1. The summed E-state index contributed by atoms with van der Waals surface area (Å²) in [6.45, 7) is 1.49. The van der Waals surface area contributed by atoms with E-state index in [9.17, 15) is 60.7 Å². The summed E-state index contributed by atoms with van der Waals surface area (Å²) in [5.41, 5.74) is 4.06. The van der Waals surface area contributed by atoms with Gasteiger partial charge >= 0.3 is 5.97 Å². The van der Waals surface area contributed by atoms with E-state index in [-0.39, 0.29) is 42.1 Å². The van der Waals surface area contributed by atoms with Gasteiger partial charge in [-0.1, -0.05) is 6.07 Å². The van der Waals surface area contributed by atoms with Crippen molar-refractivity contribution >= 4 is 101 Å². The van der Waals surface area contributed by atoms with Crippen LogP contribution in [0.2, 0.25) is 0 Å². The third-order valence-corrected chi connectivity index (χ3v) is 9.68. The number of aromatic hydroxyl groups is 1. The Morgan fingerprint density at radius 1 is 0.847 bits per heavy atom. The maximum absolute atomic E-state index is 12.6. The average Bonchev–Trinajstić information content (AvgIpc) is 3.16. The molecule has 0 atom stereocenters. The summed E-state index contributed by atoms with van der Waals surface area (Å²) in [5.74, 6) is -3.04. The molecule has 5 rings (SSSR count). The van der Waals surface area contributed by atoms with Gasteiger partial charge in [0.25, 0.3) is 32.4 Å². The fourth-order valence-electron chi connectivity index (χ4n) is 5.20. The Morgan fingerprint density at radius 2 is 1.49 bits per heavy atom. The summed E-state index contributed by atoms with van der Waals surface area (Å²) in [6, 6.07) is 14.4. The van der Waals surface area contributed by atoms with Crippen molar-refractivity contribution in [2.24, 2.45) is 30.7 Å². The Balaban J connectivity index is 1.57. The molecule has 0 aliphatic carbocycles. The van der Waals surface area contributed by atoms with E-state index in [2.05, 4.69) is 40.7 Å². The van der Waals surface area contributed by atoms with Crippen LogP contribution < -0.4 is 11.1 Å².